The zero-order valence-corrected chi connectivity index (χ0v) is 14.2. The maximum Gasteiger partial charge on any atom is 0.261 e. The van der Waals surface area contributed by atoms with Crippen LogP contribution in [0, 0.1) is 5.92 Å². The Morgan fingerprint density at radius 1 is 1.26 bits per heavy atom. The molecule has 1 atom stereocenters. The molecule has 3 aliphatic rings. The van der Waals surface area contributed by atoms with Crippen molar-refractivity contribution in [2.45, 2.75) is 18.9 Å². The first kappa shape index (κ1) is 15.1. The molecule has 4 nitrogen and oxygen atoms in total. The summed E-state index contributed by atoms with van der Waals surface area (Å²) in [5, 5.41) is 3.85. The number of carbonyl (C=O) groups is 1. The second-order valence-electron chi connectivity index (χ2n) is 6.24. The van der Waals surface area contributed by atoms with E-state index < -0.39 is 0 Å². The van der Waals surface area contributed by atoms with Crippen LogP contribution in [0.2, 0.25) is 5.02 Å². The summed E-state index contributed by atoms with van der Waals surface area (Å²) in [5.74, 6) is 0.676. The maximum atomic E-state index is 12.5. The van der Waals surface area contributed by atoms with E-state index in [-0.39, 0.29) is 5.91 Å². The van der Waals surface area contributed by atoms with Gasteiger partial charge in [-0.15, -0.1) is 11.3 Å². The molecule has 1 amide bonds. The molecular formula is C17H18ClN3OS. The lowest BCUT2D eigenvalue weighted by molar-refractivity contribution is 0.0622. The fraction of sp³-hybridized carbons (Fsp3) is 0.412. The second-order valence-corrected chi connectivity index (χ2v) is 7.76. The Kier molecular flexibility index (Phi) is 4.09. The van der Waals surface area contributed by atoms with E-state index in [1.807, 2.05) is 24.3 Å². The van der Waals surface area contributed by atoms with Gasteiger partial charge in [-0.1, -0.05) is 11.6 Å². The van der Waals surface area contributed by atoms with Gasteiger partial charge in [0.2, 0.25) is 0 Å². The molecule has 0 saturated carbocycles. The van der Waals surface area contributed by atoms with Gasteiger partial charge in [0.05, 0.1) is 20.5 Å². The largest absolute Gasteiger partial charge is 0.347 e. The number of nitrogens with one attached hydrogen (secondary N) is 1. The van der Waals surface area contributed by atoms with Gasteiger partial charge in [-0.25, -0.2) is 0 Å². The predicted molar refractivity (Wildman–Crippen MR) is 93.0 cm³/mol. The monoisotopic (exact) mass is 347 g/mol. The number of halogens is 1. The van der Waals surface area contributed by atoms with Crippen molar-refractivity contribution in [2.24, 2.45) is 5.92 Å². The van der Waals surface area contributed by atoms with Gasteiger partial charge in [-0.3, -0.25) is 9.78 Å². The van der Waals surface area contributed by atoms with Crippen LogP contribution in [0.1, 0.15) is 22.5 Å². The van der Waals surface area contributed by atoms with Crippen LogP contribution in [0.15, 0.2) is 30.5 Å². The van der Waals surface area contributed by atoms with Crippen LogP contribution >= 0.6 is 22.9 Å². The van der Waals surface area contributed by atoms with Gasteiger partial charge >= 0.3 is 0 Å². The van der Waals surface area contributed by atoms with Crippen LogP contribution in [0.25, 0.3) is 10.6 Å². The number of nitrogens with zero attached hydrogens (tertiary/aromatic N) is 2. The topological polar surface area (TPSA) is 45.2 Å². The second kappa shape index (κ2) is 6.23. The third kappa shape index (κ3) is 3.13. The molecule has 2 aromatic rings. The van der Waals surface area contributed by atoms with E-state index in [4.69, 9.17) is 11.6 Å². The molecule has 0 radical (unpaired) electrons. The number of hydrogen-bond acceptors (Lipinski definition) is 4. The lowest BCUT2D eigenvalue weighted by atomic mass is 9.84. The Labute approximate surface area is 144 Å². The average Bonchev–Trinajstić information content (AvgIpc) is 3.07. The summed E-state index contributed by atoms with van der Waals surface area (Å²) in [6, 6.07) is 7.82. The Hall–Kier alpha value is -1.43. The molecule has 3 fully saturated rings. The molecule has 0 aliphatic carbocycles. The number of fused-ring (bicyclic) bond motifs is 3. The van der Waals surface area contributed by atoms with E-state index in [0.717, 1.165) is 22.0 Å². The van der Waals surface area contributed by atoms with Crippen molar-refractivity contribution in [1.82, 2.24) is 15.2 Å². The normalized spacial score (nSPS) is 26.2. The molecule has 2 aromatic heterocycles. The molecule has 2 bridgehead atoms. The van der Waals surface area contributed by atoms with Gasteiger partial charge in [-0.05, 0) is 56.1 Å². The van der Waals surface area contributed by atoms with Gasteiger partial charge in [0.25, 0.3) is 5.91 Å². The zero-order chi connectivity index (χ0) is 15.8. The van der Waals surface area contributed by atoms with Gasteiger partial charge in [0.15, 0.2) is 0 Å². The van der Waals surface area contributed by atoms with Crippen LogP contribution < -0.4 is 5.32 Å². The van der Waals surface area contributed by atoms with Crippen LogP contribution in [0.3, 0.4) is 0 Å². The molecule has 6 heteroatoms. The number of rotatable bonds is 3. The van der Waals surface area contributed by atoms with E-state index in [2.05, 4.69) is 15.2 Å². The van der Waals surface area contributed by atoms with Crippen molar-refractivity contribution in [3.05, 3.63) is 40.4 Å². The van der Waals surface area contributed by atoms with Crippen molar-refractivity contribution in [1.29, 1.82) is 0 Å². The first-order valence-electron chi connectivity index (χ1n) is 7.94. The first-order valence-corrected chi connectivity index (χ1v) is 9.13. The third-order valence-corrected chi connectivity index (χ3v) is 6.11. The zero-order valence-electron chi connectivity index (χ0n) is 12.7. The van der Waals surface area contributed by atoms with E-state index in [1.54, 1.807) is 6.20 Å². The molecule has 1 unspecified atom stereocenters. The average molecular weight is 348 g/mol. The van der Waals surface area contributed by atoms with E-state index in [1.165, 1.54) is 37.3 Å². The highest BCUT2D eigenvalue weighted by molar-refractivity contribution is 7.17. The van der Waals surface area contributed by atoms with Gasteiger partial charge in [-0.2, -0.15) is 0 Å². The lowest BCUT2D eigenvalue weighted by Gasteiger charge is -2.44. The van der Waals surface area contributed by atoms with Crippen LogP contribution in [0.5, 0.6) is 0 Å². The number of amides is 1. The smallest absolute Gasteiger partial charge is 0.261 e. The fourth-order valence-corrected chi connectivity index (χ4v) is 4.49. The summed E-state index contributed by atoms with van der Waals surface area (Å²) in [6.45, 7) is 3.36. The molecule has 23 heavy (non-hydrogen) atoms. The highest BCUT2D eigenvalue weighted by Crippen LogP contribution is 2.30. The van der Waals surface area contributed by atoms with Crippen LogP contribution in [-0.2, 0) is 0 Å². The minimum absolute atomic E-state index is 0.0361. The SMILES string of the molecule is O=C(NC1CN2CCC1CC2)c1ccc(-c2ccc(Cl)cn2)s1. The summed E-state index contributed by atoms with van der Waals surface area (Å²) < 4.78 is 0. The first-order chi connectivity index (χ1) is 11.2. The molecule has 1 N–H and O–H groups in total. The van der Waals surface area contributed by atoms with Crippen molar-refractivity contribution in [3.8, 4) is 10.6 Å². The number of pyridine rings is 1. The van der Waals surface area contributed by atoms with Crippen molar-refractivity contribution in [3.63, 3.8) is 0 Å². The summed E-state index contributed by atoms with van der Waals surface area (Å²) >= 11 is 7.34. The summed E-state index contributed by atoms with van der Waals surface area (Å²) in [5.41, 5.74) is 0.848. The summed E-state index contributed by atoms with van der Waals surface area (Å²) in [4.78, 5) is 21.0. The number of hydrogen-bond donors (Lipinski definition) is 1. The molecule has 5 heterocycles. The Morgan fingerprint density at radius 2 is 2.09 bits per heavy atom. The molecule has 3 aliphatic heterocycles. The van der Waals surface area contributed by atoms with E-state index >= 15 is 0 Å². The molecule has 3 saturated heterocycles. The van der Waals surface area contributed by atoms with Crippen LogP contribution in [0.4, 0.5) is 0 Å². The summed E-state index contributed by atoms with van der Waals surface area (Å²) in [7, 11) is 0. The Morgan fingerprint density at radius 3 is 2.74 bits per heavy atom. The van der Waals surface area contributed by atoms with Crippen molar-refractivity contribution >= 4 is 28.8 Å². The minimum Gasteiger partial charge on any atom is -0.347 e. The number of carbonyl (C=O) groups excluding carboxylic acids is 1. The standard InChI is InChI=1S/C17H18ClN3OS/c18-12-1-2-13(19-9-12)15-3-4-16(23-15)17(22)20-14-10-21-7-5-11(14)6-8-21/h1-4,9,11,14H,5-8,10H2,(H,20,22). The summed E-state index contributed by atoms with van der Waals surface area (Å²) in [6.07, 6.45) is 4.04. The molecule has 120 valence electrons. The molecule has 0 spiro atoms. The van der Waals surface area contributed by atoms with Crippen molar-refractivity contribution in [2.75, 3.05) is 19.6 Å². The number of piperidine rings is 3. The molecule has 0 aromatic carbocycles. The maximum absolute atomic E-state index is 12.5. The van der Waals surface area contributed by atoms with Crippen molar-refractivity contribution < 1.29 is 4.79 Å². The number of aromatic nitrogens is 1. The van der Waals surface area contributed by atoms with Gasteiger partial charge in [0.1, 0.15) is 0 Å². The number of thiophene rings is 1. The van der Waals surface area contributed by atoms with E-state index in [0.29, 0.717) is 17.0 Å². The van der Waals surface area contributed by atoms with Crippen LogP contribution in [-0.4, -0.2) is 41.5 Å². The fourth-order valence-electron chi connectivity index (χ4n) is 3.49. The Balaban J connectivity index is 1.46. The highest BCUT2D eigenvalue weighted by Gasteiger charge is 2.35. The van der Waals surface area contributed by atoms with Gasteiger partial charge in [0, 0.05) is 18.8 Å². The highest BCUT2D eigenvalue weighted by atomic mass is 35.5. The lowest BCUT2D eigenvalue weighted by Crippen LogP contribution is -2.57. The minimum atomic E-state index is 0.0361. The van der Waals surface area contributed by atoms with Gasteiger partial charge < -0.3 is 10.2 Å². The molecule has 5 rings (SSSR count). The molecular weight excluding hydrogens is 330 g/mol. The predicted octanol–water partition coefficient (Wildman–Crippen LogP) is 3.29. The third-order valence-electron chi connectivity index (χ3n) is 4.78. The van der Waals surface area contributed by atoms with E-state index in [9.17, 15) is 4.79 Å². The Bertz CT molecular complexity index is 707. The quantitative estimate of drug-likeness (QED) is 0.926.